The molecule has 140 valence electrons. The highest BCUT2D eigenvalue weighted by atomic mass is 28.4. The smallest absolute Gasteiger partial charge is 0.480 e. The fourth-order valence-electron chi connectivity index (χ4n) is 2.63. The van der Waals surface area contributed by atoms with Gasteiger partial charge in [0.05, 0.1) is 6.42 Å². The Kier molecular flexibility index (Phi) is 8.56. The van der Waals surface area contributed by atoms with Gasteiger partial charge in [-0.05, 0) is 18.6 Å². The van der Waals surface area contributed by atoms with Crippen LogP contribution in [0.5, 0.6) is 0 Å². The maximum absolute atomic E-state index is 11.7. The Morgan fingerprint density at radius 1 is 1.16 bits per heavy atom. The largest absolute Gasteiger partial charge is 0.500 e. The van der Waals surface area contributed by atoms with Crippen molar-refractivity contribution in [1.82, 2.24) is 0 Å². The summed E-state index contributed by atoms with van der Waals surface area (Å²) < 4.78 is 16.1. The molecular weight excluding hydrogens is 344 g/mol. The van der Waals surface area contributed by atoms with Crippen molar-refractivity contribution in [3.8, 4) is 0 Å². The highest BCUT2D eigenvalue weighted by Crippen LogP contribution is 2.22. The van der Waals surface area contributed by atoms with Crippen LogP contribution in [-0.2, 0) is 22.9 Å². The molecule has 8 nitrogen and oxygen atoms in total. The molecule has 0 radical (unpaired) electrons. The molecule has 0 bridgehead atoms. The number of carboxylic acid groups (broad SMARTS) is 1. The summed E-state index contributed by atoms with van der Waals surface area (Å²) in [6, 6.07) is 8.53. The van der Waals surface area contributed by atoms with Gasteiger partial charge in [0, 0.05) is 39.6 Å². The van der Waals surface area contributed by atoms with Crippen molar-refractivity contribution in [3.63, 3.8) is 0 Å². The van der Waals surface area contributed by atoms with Gasteiger partial charge in [-0.15, -0.1) is 0 Å². The number of para-hydroxylation sites is 1. The molecule has 1 amide bonds. The molecule has 0 unspecified atom stereocenters. The first-order valence-electron chi connectivity index (χ1n) is 7.87. The van der Waals surface area contributed by atoms with Crippen molar-refractivity contribution in [1.29, 1.82) is 0 Å². The van der Waals surface area contributed by atoms with E-state index < -0.39 is 26.7 Å². The van der Waals surface area contributed by atoms with Gasteiger partial charge in [-0.1, -0.05) is 18.2 Å². The number of aliphatic carboxylic acids is 1. The summed E-state index contributed by atoms with van der Waals surface area (Å²) in [5.74, 6) is -1.76. The number of carboxylic acids is 1. The van der Waals surface area contributed by atoms with E-state index in [0.717, 1.165) is 0 Å². The van der Waals surface area contributed by atoms with Crippen LogP contribution in [0.3, 0.4) is 0 Å². The van der Waals surface area contributed by atoms with Gasteiger partial charge in [-0.2, -0.15) is 0 Å². The molecular formula is C16H26N2O6Si. The Morgan fingerprint density at radius 2 is 1.72 bits per heavy atom. The first-order valence-corrected chi connectivity index (χ1v) is 9.80. The number of carbonyl (C=O) groups is 2. The highest BCUT2D eigenvalue weighted by molar-refractivity contribution is 6.60. The summed E-state index contributed by atoms with van der Waals surface area (Å²) in [5.41, 5.74) is 5.93. The SMILES string of the molecule is CO[Si](CCCN(c1ccccc1)[C@@H](CC(N)=O)C(=O)O)(OC)OC. The molecule has 0 aliphatic carbocycles. The van der Waals surface area contributed by atoms with Gasteiger partial charge in [0.2, 0.25) is 5.91 Å². The lowest BCUT2D eigenvalue weighted by atomic mass is 10.1. The molecule has 0 aromatic heterocycles. The monoisotopic (exact) mass is 370 g/mol. The molecule has 0 heterocycles. The lowest BCUT2D eigenvalue weighted by molar-refractivity contribution is -0.140. The van der Waals surface area contributed by atoms with Crippen molar-refractivity contribution in [2.45, 2.75) is 24.9 Å². The summed E-state index contributed by atoms with van der Waals surface area (Å²) in [6.07, 6.45) is 0.296. The summed E-state index contributed by atoms with van der Waals surface area (Å²) in [7, 11) is 1.84. The van der Waals surface area contributed by atoms with Gasteiger partial charge in [-0.3, -0.25) is 4.79 Å². The third-order valence-electron chi connectivity index (χ3n) is 3.96. The molecule has 0 fully saturated rings. The Bertz CT molecular complexity index is 545. The van der Waals surface area contributed by atoms with Crippen LogP contribution < -0.4 is 10.6 Å². The molecule has 1 rings (SSSR count). The molecule has 9 heteroatoms. The Balaban J connectivity index is 2.96. The predicted molar refractivity (Wildman–Crippen MR) is 95.2 cm³/mol. The van der Waals surface area contributed by atoms with Crippen LogP contribution in [0.15, 0.2) is 30.3 Å². The van der Waals surface area contributed by atoms with Gasteiger partial charge in [0.1, 0.15) is 6.04 Å². The minimum absolute atomic E-state index is 0.272. The average molecular weight is 370 g/mol. The van der Waals surface area contributed by atoms with Crippen molar-refractivity contribution in [3.05, 3.63) is 30.3 Å². The molecule has 3 N–H and O–H groups in total. The van der Waals surface area contributed by atoms with E-state index in [1.807, 2.05) is 18.2 Å². The predicted octanol–water partition coefficient (Wildman–Crippen LogP) is 1.09. The van der Waals surface area contributed by atoms with E-state index in [9.17, 15) is 14.7 Å². The van der Waals surface area contributed by atoms with Gasteiger partial charge in [-0.25, -0.2) is 4.79 Å². The topological polar surface area (TPSA) is 111 Å². The lowest BCUT2D eigenvalue weighted by Crippen LogP contribution is -2.46. The van der Waals surface area contributed by atoms with E-state index in [-0.39, 0.29) is 6.42 Å². The standard InChI is InChI=1S/C16H26N2O6Si/c1-22-25(23-2,24-3)11-7-10-18(13-8-5-4-6-9-13)14(16(20)21)12-15(17)19/h4-6,8-9,14H,7,10-12H2,1-3H3,(H2,17,19)(H,20,21)/t14-/m0/s1. The molecule has 25 heavy (non-hydrogen) atoms. The zero-order valence-corrected chi connectivity index (χ0v) is 15.8. The van der Waals surface area contributed by atoms with Gasteiger partial charge >= 0.3 is 14.8 Å². The summed E-state index contributed by atoms with van der Waals surface area (Å²) in [4.78, 5) is 24.6. The minimum atomic E-state index is -2.74. The van der Waals surface area contributed by atoms with E-state index in [4.69, 9.17) is 19.0 Å². The number of hydrogen-bond donors (Lipinski definition) is 2. The highest BCUT2D eigenvalue weighted by Gasteiger charge is 2.37. The molecule has 1 aromatic carbocycles. The fourth-order valence-corrected chi connectivity index (χ4v) is 4.33. The summed E-state index contributed by atoms with van der Waals surface area (Å²) in [6.45, 7) is 0.388. The van der Waals surface area contributed by atoms with Crippen molar-refractivity contribution in [2.24, 2.45) is 5.73 Å². The maximum atomic E-state index is 11.7. The van der Waals surface area contributed by atoms with Crippen molar-refractivity contribution in [2.75, 3.05) is 32.8 Å². The van der Waals surface area contributed by atoms with Crippen LogP contribution in [0.25, 0.3) is 0 Å². The first kappa shape index (κ1) is 21.1. The summed E-state index contributed by atoms with van der Waals surface area (Å²) in [5, 5.41) is 9.54. The Hall–Kier alpha value is -1.94. The number of nitrogens with two attached hydrogens (primary N) is 1. The average Bonchev–Trinajstić information content (AvgIpc) is 2.61. The lowest BCUT2D eigenvalue weighted by Gasteiger charge is -2.32. The van der Waals surface area contributed by atoms with Gasteiger partial charge < -0.3 is 29.0 Å². The number of rotatable bonds is 12. The third-order valence-corrected chi connectivity index (χ3v) is 6.79. The van der Waals surface area contributed by atoms with E-state index in [1.54, 1.807) is 17.0 Å². The van der Waals surface area contributed by atoms with Crippen LogP contribution in [-0.4, -0.2) is 59.7 Å². The molecule has 0 aliphatic rings. The first-order chi connectivity index (χ1) is 11.9. The molecule has 0 saturated heterocycles. The Morgan fingerprint density at radius 3 is 2.16 bits per heavy atom. The number of primary amides is 1. The number of anilines is 1. The van der Waals surface area contributed by atoms with Crippen LogP contribution in [0.4, 0.5) is 5.69 Å². The fraction of sp³-hybridized carbons (Fsp3) is 0.500. The quantitative estimate of drug-likeness (QED) is 0.530. The second kappa shape index (κ2) is 10.1. The minimum Gasteiger partial charge on any atom is -0.480 e. The molecule has 0 aliphatic heterocycles. The molecule has 0 saturated carbocycles. The van der Waals surface area contributed by atoms with E-state index >= 15 is 0 Å². The number of amides is 1. The zero-order chi connectivity index (χ0) is 18.9. The van der Waals surface area contributed by atoms with Crippen LogP contribution >= 0.6 is 0 Å². The number of benzene rings is 1. The normalized spacial score (nSPS) is 12.6. The second-order valence-electron chi connectivity index (χ2n) is 5.45. The Labute approximate surface area is 148 Å². The van der Waals surface area contributed by atoms with Gasteiger partial charge in [0.15, 0.2) is 0 Å². The van der Waals surface area contributed by atoms with Crippen molar-refractivity contribution < 1.29 is 28.0 Å². The van der Waals surface area contributed by atoms with Crippen LogP contribution in [0, 0.1) is 0 Å². The third kappa shape index (κ3) is 6.13. The second-order valence-corrected chi connectivity index (χ2v) is 8.54. The molecule has 0 spiro atoms. The van der Waals surface area contributed by atoms with Crippen molar-refractivity contribution >= 4 is 26.4 Å². The van der Waals surface area contributed by atoms with E-state index in [1.165, 1.54) is 21.3 Å². The van der Waals surface area contributed by atoms with E-state index in [0.29, 0.717) is 24.7 Å². The zero-order valence-electron chi connectivity index (χ0n) is 14.8. The number of nitrogens with zero attached hydrogens (tertiary/aromatic N) is 1. The molecule has 1 aromatic rings. The maximum Gasteiger partial charge on any atom is 0.500 e. The van der Waals surface area contributed by atoms with Crippen LogP contribution in [0.1, 0.15) is 12.8 Å². The van der Waals surface area contributed by atoms with E-state index in [2.05, 4.69) is 0 Å². The number of hydrogen-bond acceptors (Lipinski definition) is 6. The number of carbonyl (C=O) groups excluding carboxylic acids is 1. The van der Waals surface area contributed by atoms with Crippen LogP contribution in [0.2, 0.25) is 6.04 Å². The van der Waals surface area contributed by atoms with Gasteiger partial charge in [0.25, 0.3) is 0 Å². The molecule has 1 atom stereocenters. The summed E-state index contributed by atoms with van der Waals surface area (Å²) >= 11 is 0.